The Morgan fingerprint density at radius 2 is 1.94 bits per heavy atom. The Bertz CT molecular complexity index is 1120. The topological polar surface area (TPSA) is 130 Å². The molecular formula is C26H32O8. The summed E-state index contributed by atoms with van der Waals surface area (Å²) in [4.78, 5) is 23.6. The molecule has 0 amide bonds. The SMILES string of the molecule is CC(=O)O[C@@H]1C[C@]2(O)[C@H](CC[C@]3(C)[C@H](c4ccc(=O)oc4)CC[C@]32O)[C@]2(C)C1=C[C@H](O)[C@H]1O[C@@H]12. The zero-order chi connectivity index (χ0) is 24.3. The lowest BCUT2D eigenvalue weighted by molar-refractivity contribution is -0.285. The minimum absolute atomic E-state index is 0.0610. The van der Waals surface area contributed by atoms with Crippen molar-refractivity contribution in [1.29, 1.82) is 0 Å². The van der Waals surface area contributed by atoms with Crippen LogP contribution in [-0.4, -0.2) is 56.9 Å². The molecule has 5 aliphatic rings. The Kier molecular flexibility index (Phi) is 4.50. The number of aliphatic hydroxyl groups is 3. The first-order valence-corrected chi connectivity index (χ1v) is 12.2. The van der Waals surface area contributed by atoms with Crippen LogP contribution in [0.1, 0.15) is 64.4 Å². The second-order valence-corrected chi connectivity index (χ2v) is 11.5. The molecule has 8 nitrogen and oxygen atoms in total. The van der Waals surface area contributed by atoms with Crippen LogP contribution in [0, 0.1) is 16.7 Å². The molecule has 34 heavy (non-hydrogen) atoms. The molecule has 1 saturated heterocycles. The van der Waals surface area contributed by atoms with Crippen molar-refractivity contribution in [3.05, 3.63) is 46.0 Å². The average Bonchev–Trinajstić information content (AvgIpc) is 3.53. The average molecular weight is 473 g/mol. The molecule has 3 N–H and O–H groups in total. The molecule has 3 saturated carbocycles. The summed E-state index contributed by atoms with van der Waals surface area (Å²) in [6.07, 6.45) is 3.40. The maximum absolute atomic E-state index is 12.5. The monoisotopic (exact) mass is 472 g/mol. The van der Waals surface area contributed by atoms with Gasteiger partial charge < -0.3 is 29.2 Å². The molecule has 0 aromatic carbocycles. The van der Waals surface area contributed by atoms with Crippen LogP contribution in [0.15, 0.2) is 39.3 Å². The lowest BCUT2D eigenvalue weighted by Gasteiger charge is -2.66. The normalized spacial score (nSPS) is 50.8. The third-order valence-electron chi connectivity index (χ3n) is 10.2. The fourth-order valence-corrected chi connectivity index (χ4v) is 8.56. The first kappa shape index (κ1) is 22.5. The number of carbonyl (C=O) groups is 1. The highest BCUT2D eigenvalue weighted by Gasteiger charge is 2.78. The number of carbonyl (C=O) groups excluding carboxylic acids is 1. The summed E-state index contributed by atoms with van der Waals surface area (Å²) in [6.45, 7) is 5.36. The van der Waals surface area contributed by atoms with E-state index >= 15 is 0 Å². The van der Waals surface area contributed by atoms with Gasteiger partial charge in [0.2, 0.25) is 0 Å². The first-order chi connectivity index (χ1) is 16.0. The molecule has 6 rings (SSSR count). The first-order valence-electron chi connectivity index (χ1n) is 12.2. The summed E-state index contributed by atoms with van der Waals surface area (Å²) in [6, 6.07) is 3.14. The molecule has 2 heterocycles. The molecule has 1 aromatic rings. The smallest absolute Gasteiger partial charge is 0.335 e. The van der Waals surface area contributed by atoms with Gasteiger partial charge in [0.05, 0.1) is 18.0 Å². The van der Waals surface area contributed by atoms with Gasteiger partial charge in [0.1, 0.15) is 23.9 Å². The van der Waals surface area contributed by atoms with E-state index in [1.807, 2.05) is 13.8 Å². The Labute approximate surface area is 197 Å². The molecule has 0 bridgehead atoms. The van der Waals surface area contributed by atoms with Crippen molar-refractivity contribution >= 4 is 5.97 Å². The van der Waals surface area contributed by atoms with E-state index in [9.17, 15) is 24.9 Å². The van der Waals surface area contributed by atoms with Crippen LogP contribution in [-0.2, 0) is 14.3 Å². The van der Waals surface area contributed by atoms with Gasteiger partial charge in [-0.15, -0.1) is 0 Å². The van der Waals surface area contributed by atoms with Gasteiger partial charge in [0.15, 0.2) is 0 Å². The van der Waals surface area contributed by atoms with Crippen molar-refractivity contribution < 1.29 is 34.0 Å². The molecule has 4 aliphatic carbocycles. The fourth-order valence-electron chi connectivity index (χ4n) is 8.56. The molecule has 184 valence electrons. The predicted octanol–water partition coefficient (Wildman–Crippen LogP) is 1.81. The van der Waals surface area contributed by atoms with E-state index in [-0.39, 0.29) is 30.5 Å². The van der Waals surface area contributed by atoms with E-state index in [1.165, 1.54) is 19.3 Å². The lowest BCUT2D eigenvalue weighted by Crippen LogP contribution is -2.74. The van der Waals surface area contributed by atoms with Crippen molar-refractivity contribution in [2.75, 3.05) is 0 Å². The van der Waals surface area contributed by atoms with Gasteiger partial charge in [-0.05, 0) is 54.9 Å². The summed E-state index contributed by atoms with van der Waals surface area (Å²) in [5, 5.41) is 35.5. The Balaban J connectivity index is 1.46. The van der Waals surface area contributed by atoms with E-state index in [0.717, 1.165) is 11.1 Å². The van der Waals surface area contributed by atoms with Gasteiger partial charge in [-0.2, -0.15) is 0 Å². The van der Waals surface area contributed by atoms with Crippen LogP contribution in [0.3, 0.4) is 0 Å². The van der Waals surface area contributed by atoms with Crippen LogP contribution >= 0.6 is 0 Å². The van der Waals surface area contributed by atoms with Gasteiger partial charge in [-0.25, -0.2) is 4.79 Å². The van der Waals surface area contributed by atoms with E-state index < -0.39 is 45.8 Å². The molecule has 1 aliphatic heterocycles. The molecule has 1 aromatic heterocycles. The number of hydrogen-bond donors (Lipinski definition) is 3. The van der Waals surface area contributed by atoms with Gasteiger partial charge in [-0.3, -0.25) is 4.79 Å². The molecule has 4 fully saturated rings. The molecular weight excluding hydrogens is 440 g/mol. The molecule has 8 heteroatoms. The van der Waals surface area contributed by atoms with Crippen molar-refractivity contribution in [2.24, 2.45) is 16.7 Å². The molecule has 0 unspecified atom stereocenters. The zero-order valence-electron chi connectivity index (χ0n) is 19.7. The highest BCUT2D eigenvalue weighted by atomic mass is 16.6. The zero-order valence-corrected chi connectivity index (χ0v) is 19.7. The van der Waals surface area contributed by atoms with Gasteiger partial charge in [0.25, 0.3) is 0 Å². The summed E-state index contributed by atoms with van der Waals surface area (Å²) < 4.78 is 16.7. The minimum Gasteiger partial charge on any atom is -0.458 e. The highest BCUT2D eigenvalue weighted by Crippen LogP contribution is 2.73. The molecule has 10 atom stereocenters. The quantitative estimate of drug-likeness (QED) is 0.338. The van der Waals surface area contributed by atoms with E-state index in [0.29, 0.717) is 25.7 Å². The molecule has 0 radical (unpaired) electrons. The van der Waals surface area contributed by atoms with Crippen molar-refractivity contribution in [1.82, 2.24) is 0 Å². The minimum atomic E-state index is -1.53. The van der Waals surface area contributed by atoms with Gasteiger partial charge in [0, 0.05) is 36.2 Å². The number of epoxide rings is 1. The highest BCUT2D eigenvalue weighted by molar-refractivity contribution is 5.67. The van der Waals surface area contributed by atoms with Gasteiger partial charge in [-0.1, -0.05) is 13.8 Å². The summed E-state index contributed by atoms with van der Waals surface area (Å²) >= 11 is 0. The van der Waals surface area contributed by atoms with Crippen LogP contribution in [0.4, 0.5) is 0 Å². The number of rotatable bonds is 2. The van der Waals surface area contributed by atoms with E-state index in [4.69, 9.17) is 13.9 Å². The van der Waals surface area contributed by atoms with Crippen LogP contribution < -0.4 is 5.63 Å². The largest absolute Gasteiger partial charge is 0.458 e. The maximum atomic E-state index is 12.5. The van der Waals surface area contributed by atoms with Gasteiger partial charge >= 0.3 is 11.6 Å². The van der Waals surface area contributed by atoms with Crippen molar-refractivity contribution in [3.63, 3.8) is 0 Å². The van der Waals surface area contributed by atoms with Crippen molar-refractivity contribution in [3.8, 4) is 0 Å². The van der Waals surface area contributed by atoms with Crippen LogP contribution in [0.25, 0.3) is 0 Å². The Morgan fingerprint density at radius 1 is 1.18 bits per heavy atom. The Hall–Kier alpha value is -2.00. The summed E-state index contributed by atoms with van der Waals surface area (Å²) in [5.41, 5.74) is -3.13. The number of ether oxygens (including phenoxy) is 2. The third-order valence-corrected chi connectivity index (χ3v) is 10.2. The fraction of sp³-hybridized carbons (Fsp3) is 0.692. The number of fused-ring (bicyclic) bond motifs is 7. The second-order valence-electron chi connectivity index (χ2n) is 11.5. The van der Waals surface area contributed by atoms with Crippen molar-refractivity contribution in [2.45, 2.75) is 94.4 Å². The summed E-state index contributed by atoms with van der Waals surface area (Å²) in [7, 11) is 0. The Morgan fingerprint density at radius 3 is 2.62 bits per heavy atom. The predicted molar refractivity (Wildman–Crippen MR) is 119 cm³/mol. The van der Waals surface area contributed by atoms with Crippen LogP contribution in [0.2, 0.25) is 0 Å². The van der Waals surface area contributed by atoms with E-state index in [1.54, 1.807) is 12.1 Å². The van der Waals surface area contributed by atoms with Crippen LogP contribution in [0.5, 0.6) is 0 Å². The number of aliphatic hydroxyl groups excluding tert-OH is 1. The molecule has 0 spiro atoms. The summed E-state index contributed by atoms with van der Waals surface area (Å²) in [5.74, 6) is -0.897. The maximum Gasteiger partial charge on any atom is 0.335 e. The number of hydrogen-bond acceptors (Lipinski definition) is 8. The standard InChI is InChI=1S/C26H32O8/c1-13(27)33-18-11-25(30)19(24(3)16(18)10-17(28)21-22(24)34-21)7-8-23(2)15(6-9-26(23,25)31)14-4-5-20(29)32-12-14/h4-5,10,12,15,17-19,21-22,28,30-31H,6-9,11H2,1-3H3/t15-,17-,18+,19+,21+,22-,23+,24-,25-,26-/m0/s1. The second kappa shape index (κ2) is 6.81. The lowest BCUT2D eigenvalue weighted by atomic mass is 9.42. The van der Waals surface area contributed by atoms with E-state index in [2.05, 4.69) is 0 Å². The third kappa shape index (κ3) is 2.57. The number of esters is 1.